The molecule has 4 aromatic rings. The summed E-state index contributed by atoms with van der Waals surface area (Å²) in [5.74, 6) is -3.45. The summed E-state index contributed by atoms with van der Waals surface area (Å²) in [6.07, 6.45) is 1.53. The highest BCUT2D eigenvalue weighted by atomic mass is 16.2. The van der Waals surface area contributed by atoms with Gasteiger partial charge < -0.3 is 0 Å². The highest BCUT2D eigenvalue weighted by molar-refractivity contribution is 6.30. The number of hydrazone groups is 1. The molecule has 0 radical (unpaired) electrons. The van der Waals surface area contributed by atoms with Gasteiger partial charge in [-0.15, -0.1) is 0 Å². The lowest BCUT2D eigenvalue weighted by Gasteiger charge is -2.22. The summed E-state index contributed by atoms with van der Waals surface area (Å²) in [5, 5.41) is 5.52. The molecule has 0 spiro atoms. The molecule has 166 valence electrons. The van der Waals surface area contributed by atoms with Gasteiger partial charge in [-0.3, -0.25) is 14.4 Å². The summed E-state index contributed by atoms with van der Waals surface area (Å²) in [7, 11) is 0. The Morgan fingerprint density at radius 3 is 1.47 bits per heavy atom. The zero-order valence-corrected chi connectivity index (χ0v) is 18.3. The van der Waals surface area contributed by atoms with E-state index in [0.717, 1.165) is 10.6 Å². The van der Waals surface area contributed by atoms with Gasteiger partial charge in [0, 0.05) is 11.1 Å². The minimum Gasteiger partial charge on any atom is -0.293 e. The van der Waals surface area contributed by atoms with Gasteiger partial charge in [0.2, 0.25) is 0 Å². The Kier molecular flexibility index (Phi) is 7.16. The first-order valence-electron chi connectivity index (χ1n) is 10.8. The van der Waals surface area contributed by atoms with Crippen LogP contribution >= 0.6 is 0 Å². The normalized spacial score (nSPS) is 10.9. The predicted octanol–water partition coefficient (Wildman–Crippen LogP) is 5.44. The monoisotopic (exact) mass is 446 g/mol. The summed E-state index contributed by atoms with van der Waals surface area (Å²) < 4.78 is 0. The topological polar surface area (TPSA) is 66.8 Å². The molecular weight excluding hydrogens is 424 g/mol. The number of rotatable bonds is 8. The van der Waals surface area contributed by atoms with Gasteiger partial charge in [-0.2, -0.15) is 10.1 Å². The van der Waals surface area contributed by atoms with Crippen LogP contribution in [0.1, 0.15) is 26.3 Å². The average Bonchev–Trinajstić information content (AvgIpc) is 2.91. The molecule has 5 heteroatoms. The average molecular weight is 447 g/mol. The van der Waals surface area contributed by atoms with Crippen molar-refractivity contribution < 1.29 is 14.4 Å². The van der Waals surface area contributed by atoms with Crippen LogP contribution < -0.4 is 5.01 Å². The number of amides is 1. The first-order valence-corrected chi connectivity index (χ1v) is 10.8. The van der Waals surface area contributed by atoms with Gasteiger partial charge in [-0.1, -0.05) is 109 Å². The third-order valence-corrected chi connectivity index (χ3v) is 5.22. The highest BCUT2D eigenvalue weighted by Gasteiger charge is 2.38. The molecule has 0 unspecified atom stereocenters. The molecular formula is C29H22N2O3. The zero-order chi connectivity index (χ0) is 23.8. The zero-order valence-electron chi connectivity index (χ0n) is 18.3. The number of Topliss-reactive ketones (excluding diaryl/α,β-unsaturated/α-hetero) is 2. The molecule has 4 aromatic carbocycles. The second-order valence-corrected chi connectivity index (χ2v) is 7.53. The number of anilines is 1. The molecule has 0 aliphatic carbocycles. The molecule has 0 aromatic heterocycles. The molecule has 0 saturated heterocycles. The molecule has 0 aliphatic heterocycles. The van der Waals surface area contributed by atoms with E-state index >= 15 is 0 Å². The van der Waals surface area contributed by atoms with Crippen LogP contribution in [-0.2, 0) is 4.79 Å². The lowest BCUT2D eigenvalue weighted by Crippen LogP contribution is -2.41. The van der Waals surface area contributed by atoms with E-state index in [1.165, 1.54) is 6.21 Å². The molecule has 0 saturated carbocycles. The fourth-order valence-electron chi connectivity index (χ4n) is 3.49. The molecule has 0 fully saturated rings. The summed E-state index contributed by atoms with van der Waals surface area (Å²) in [4.78, 5) is 40.8. The Morgan fingerprint density at radius 2 is 1.00 bits per heavy atom. The molecule has 1 amide bonds. The number of ketones is 2. The maximum Gasteiger partial charge on any atom is 0.266 e. The third kappa shape index (κ3) is 5.22. The molecule has 0 aliphatic rings. The lowest BCUT2D eigenvalue weighted by molar-refractivity contribution is -0.119. The number of hydrogen-bond donors (Lipinski definition) is 0. The van der Waals surface area contributed by atoms with Crippen molar-refractivity contribution in [3.05, 3.63) is 138 Å². The molecule has 0 atom stereocenters. The lowest BCUT2D eigenvalue weighted by atomic mass is 9.89. The highest BCUT2D eigenvalue weighted by Crippen LogP contribution is 2.23. The van der Waals surface area contributed by atoms with Gasteiger partial charge in [0.15, 0.2) is 17.5 Å². The summed E-state index contributed by atoms with van der Waals surface area (Å²) in [5.41, 5.74) is 1.79. The van der Waals surface area contributed by atoms with E-state index in [1.54, 1.807) is 84.9 Å². The molecule has 4 rings (SSSR count). The van der Waals surface area contributed by atoms with Crippen LogP contribution in [0.5, 0.6) is 0 Å². The molecule has 0 N–H and O–H groups in total. The Labute approximate surface area is 198 Å². The second-order valence-electron chi connectivity index (χ2n) is 7.53. The fraction of sp³-hybridized carbons (Fsp3) is 0.0345. The molecule has 34 heavy (non-hydrogen) atoms. The van der Waals surface area contributed by atoms with Crippen LogP contribution in [0.15, 0.2) is 126 Å². The summed E-state index contributed by atoms with van der Waals surface area (Å²) in [6.45, 7) is 0. The quantitative estimate of drug-likeness (QED) is 0.157. The maximum absolute atomic E-state index is 13.9. The van der Waals surface area contributed by atoms with E-state index in [9.17, 15) is 14.4 Å². The smallest absolute Gasteiger partial charge is 0.266 e. The van der Waals surface area contributed by atoms with Crippen molar-refractivity contribution in [1.82, 2.24) is 0 Å². The largest absolute Gasteiger partial charge is 0.293 e. The van der Waals surface area contributed by atoms with Gasteiger partial charge >= 0.3 is 0 Å². The predicted molar refractivity (Wildman–Crippen MR) is 133 cm³/mol. The van der Waals surface area contributed by atoms with E-state index in [-0.39, 0.29) is 11.1 Å². The van der Waals surface area contributed by atoms with Gasteiger partial charge in [-0.25, -0.2) is 0 Å². The van der Waals surface area contributed by atoms with Gasteiger partial charge in [0.1, 0.15) is 0 Å². The van der Waals surface area contributed by atoms with Crippen molar-refractivity contribution >= 4 is 29.4 Å². The van der Waals surface area contributed by atoms with Crippen molar-refractivity contribution in [2.45, 2.75) is 0 Å². The van der Waals surface area contributed by atoms with E-state index in [4.69, 9.17) is 0 Å². The van der Waals surface area contributed by atoms with E-state index in [2.05, 4.69) is 5.10 Å². The Hall–Kier alpha value is -4.64. The minimum atomic E-state index is -1.59. The van der Waals surface area contributed by atoms with Gasteiger partial charge in [0.05, 0.1) is 11.9 Å². The van der Waals surface area contributed by atoms with Crippen molar-refractivity contribution in [2.24, 2.45) is 11.0 Å². The Bertz CT molecular complexity index is 1240. The first kappa shape index (κ1) is 22.6. The Morgan fingerprint density at radius 1 is 0.588 bits per heavy atom. The fourth-order valence-corrected chi connectivity index (χ4v) is 3.49. The van der Waals surface area contributed by atoms with Crippen LogP contribution in [0.25, 0.3) is 0 Å². The number of benzene rings is 4. The number of carbonyl (C=O) groups is 3. The number of nitrogens with zero attached hydrogens (tertiary/aromatic N) is 2. The number of para-hydroxylation sites is 1. The van der Waals surface area contributed by atoms with Crippen molar-refractivity contribution in [3.8, 4) is 0 Å². The second kappa shape index (κ2) is 10.8. The van der Waals surface area contributed by atoms with Crippen LogP contribution in [0.2, 0.25) is 0 Å². The van der Waals surface area contributed by atoms with Crippen LogP contribution in [-0.4, -0.2) is 23.7 Å². The van der Waals surface area contributed by atoms with Crippen molar-refractivity contribution in [3.63, 3.8) is 0 Å². The van der Waals surface area contributed by atoms with Crippen molar-refractivity contribution in [1.29, 1.82) is 0 Å². The van der Waals surface area contributed by atoms with Crippen LogP contribution in [0, 0.1) is 5.92 Å². The van der Waals surface area contributed by atoms with E-state index in [0.29, 0.717) is 5.69 Å². The van der Waals surface area contributed by atoms with Gasteiger partial charge in [0.25, 0.3) is 5.91 Å². The van der Waals surface area contributed by atoms with E-state index in [1.807, 2.05) is 36.4 Å². The molecule has 0 bridgehead atoms. The first-order chi connectivity index (χ1) is 16.6. The Balaban J connectivity index is 1.78. The summed E-state index contributed by atoms with van der Waals surface area (Å²) >= 11 is 0. The number of carbonyl (C=O) groups excluding carboxylic acids is 3. The maximum atomic E-state index is 13.9. The third-order valence-electron chi connectivity index (χ3n) is 5.22. The van der Waals surface area contributed by atoms with Gasteiger partial charge in [-0.05, 0) is 17.7 Å². The minimum absolute atomic E-state index is 0.283. The van der Waals surface area contributed by atoms with Crippen molar-refractivity contribution in [2.75, 3.05) is 5.01 Å². The summed E-state index contributed by atoms with van der Waals surface area (Å²) in [6, 6.07) is 34.8. The SMILES string of the molecule is O=C(c1ccccc1)C(C(=O)c1ccccc1)C(=O)N(/N=C/c1ccccc1)c1ccccc1. The van der Waals surface area contributed by atoms with Crippen LogP contribution in [0.4, 0.5) is 5.69 Å². The van der Waals surface area contributed by atoms with Crippen LogP contribution in [0.3, 0.4) is 0 Å². The molecule has 5 nitrogen and oxygen atoms in total. The molecule has 0 heterocycles. The standard InChI is InChI=1S/C29H22N2O3/c32-27(23-15-7-2-8-16-23)26(28(33)24-17-9-3-10-18-24)29(34)31(25-19-11-4-12-20-25)30-21-22-13-5-1-6-14-22/h1-21,26H/b30-21+. The number of hydrogen-bond acceptors (Lipinski definition) is 4. The van der Waals surface area contributed by atoms with E-state index < -0.39 is 23.4 Å².